The minimum Gasteiger partial charge on any atom is -0.486 e. The van der Waals surface area contributed by atoms with Crippen LogP contribution in [-0.2, 0) is 14.3 Å². The molecule has 2 heterocycles. The lowest BCUT2D eigenvalue weighted by Crippen LogP contribution is -2.31. The van der Waals surface area contributed by atoms with E-state index < -0.39 is 12.2 Å². The molecule has 0 aromatic heterocycles. The maximum atomic E-state index is 12.1. The second-order valence-corrected chi connectivity index (χ2v) is 7.48. The number of hydrogen-bond donors (Lipinski definition) is 1. The summed E-state index contributed by atoms with van der Waals surface area (Å²) >= 11 is 11.8. The summed E-state index contributed by atoms with van der Waals surface area (Å²) in [6.07, 6.45) is -1.22. The first-order chi connectivity index (χ1) is 14.1. The van der Waals surface area contributed by atoms with Crippen LogP contribution in [0.1, 0.15) is 30.6 Å². The molecule has 2 aromatic rings. The van der Waals surface area contributed by atoms with Crippen LogP contribution in [0.5, 0.6) is 11.5 Å². The predicted octanol–water partition coefficient (Wildman–Crippen LogP) is 4.29. The molecule has 0 bridgehead atoms. The molecule has 8 heteroatoms. The van der Waals surface area contributed by atoms with E-state index in [1.54, 1.807) is 13.0 Å². The highest BCUT2D eigenvalue weighted by molar-refractivity contribution is 7.80. The second-order valence-electron chi connectivity index (χ2n) is 6.61. The molecule has 0 amide bonds. The zero-order chi connectivity index (χ0) is 20.4. The second kappa shape index (κ2) is 8.57. The molecular formula is C21H20ClNO5S. The van der Waals surface area contributed by atoms with Crippen LogP contribution < -0.4 is 14.8 Å². The molecule has 2 aliphatic rings. The Morgan fingerprint density at radius 2 is 2.07 bits per heavy atom. The van der Waals surface area contributed by atoms with E-state index in [1.807, 2.05) is 30.3 Å². The number of carbonyl (C=O) groups excluding carboxylic acids is 1. The SMILES string of the molecule is CCOC(=O)C[C@@H]1O[C@@H](c2cccc3c2OCCO3)c2cc(Cl)ccc2NC1=S. The van der Waals surface area contributed by atoms with Crippen LogP contribution in [0, 0.1) is 0 Å². The molecule has 0 saturated heterocycles. The van der Waals surface area contributed by atoms with Crippen LogP contribution >= 0.6 is 23.8 Å². The number of nitrogens with one attached hydrogen (secondary N) is 1. The Morgan fingerprint density at radius 1 is 1.24 bits per heavy atom. The first kappa shape index (κ1) is 19.9. The summed E-state index contributed by atoms with van der Waals surface area (Å²) in [4.78, 5) is 12.5. The number of carbonyl (C=O) groups is 1. The highest BCUT2D eigenvalue weighted by Crippen LogP contribution is 2.44. The fraction of sp³-hybridized carbons (Fsp3) is 0.333. The van der Waals surface area contributed by atoms with E-state index in [4.69, 9.17) is 42.8 Å². The van der Waals surface area contributed by atoms with Crippen LogP contribution in [0.4, 0.5) is 5.69 Å². The lowest BCUT2D eigenvalue weighted by atomic mass is 9.98. The van der Waals surface area contributed by atoms with Gasteiger partial charge < -0.3 is 24.3 Å². The van der Waals surface area contributed by atoms with Gasteiger partial charge in [-0.1, -0.05) is 36.0 Å². The van der Waals surface area contributed by atoms with E-state index >= 15 is 0 Å². The first-order valence-corrected chi connectivity index (χ1v) is 10.2. The Bertz CT molecular complexity index is 951. The number of thiocarbonyl (C=S) groups is 1. The zero-order valence-corrected chi connectivity index (χ0v) is 17.3. The molecule has 6 nitrogen and oxygen atoms in total. The Kier molecular flexibility index (Phi) is 5.89. The third kappa shape index (κ3) is 4.17. The quantitative estimate of drug-likeness (QED) is 0.569. The summed E-state index contributed by atoms with van der Waals surface area (Å²) < 4.78 is 23.1. The lowest BCUT2D eigenvalue weighted by molar-refractivity contribution is -0.145. The van der Waals surface area contributed by atoms with E-state index in [2.05, 4.69) is 5.32 Å². The molecule has 2 atom stereocenters. The molecule has 2 aliphatic heterocycles. The van der Waals surface area contributed by atoms with Gasteiger partial charge in [0.1, 0.15) is 30.4 Å². The highest BCUT2D eigenvalue weighted by atomic mass is 35.5. The van der Waals surface area contributed by atoms with Crippen LogP contribution in [0.3, 0.4) is 0 Å². The van der Waals surface area contributed by atoms with Crippen molar-refractivity contribution in [1.29, 1.82) is 0 Å². The van der Waals surface area contributed by atoms with Crippen LogP contribution in [-0.4, -0.2) is 36.9 Å². The maximum Gasteiger partial charge on any atom is 0.308 e. The summed E-state index contributed by atoms with van der Waals surface area (Å²) in [5.41, 5.74) is 2.35. The summed E-state index contributed by atoms with van der Waals surface area (Å²) in [5.74, 6) is 0.902. The van der Waals surface area contributed by atoms with Gasteiger partial charge in [-0.15, -0.1) is 0 Å². The van der Waals surface area contributed by atoms with Crippen molar-refractivity contribution in [1.82, 2.24) is 0 Å². The number of ether oxygens (including phenoxy) is 4. The Labute approximate surface area is 179 Å². The number of halogens is 1. The van der Waals surface area contributed by atoms with Crippen molar-refractivity contribution in [2.45, 2.75) is 25.6 Å². The van der Waals surface area contributed by atoms with Crippen molar-refractivity contribution < 1.29 is 23.7 Å². The van der Waals surface area contributed by atoms with Crippen molar-refractivity contribution in [2.75, 3.05) is 25.1 Å². The Morgan fingerprint density at radius 3 is 2.90 bits per heavy atom. The number of anilines is 1. The van der Waals surface area contributed by atoms with Gasteiger partial charge in [0.2, 0.25) is 0 Å². The van der Waals surface area contributed by atoms with Gasteiger partial charge in [-0.25, -0.2) is 0 Å². The molecule has 29 heavy (non-hydrogen) atoms. The molecule has 4 rings (SSSR count). The Hall–Kier alpha value is -2.35. The van der Waals surface area contributed by atoms with Gasteiger partial charge in [-0.3, -0.25) is 4.79 Å². The van der Waals surface area contributed by atoms with Crippen molar-refractivity contribution in [3.63, 3.8) is 0 Å². The molecular weight excluding hydrogens is 414 g/mol. The van der Waals surface area contributed by atoms with E-state index in [0.29, 0.717) is 41.3 Å². The first-order valence-electron chi connectivity index (χ1n) is 9.36. The number of benzene rings is 2. The molecule has 152 valence electrons. The largest absolute Gasteiger partial charge is 0.486 e. The third-order valence-electron chi connectivity index (χ3n) is 4.68. The van der Waals surface area contributed by atoms with E-state index in [9.17, 15) is 4.79 Å². The molecule has 1 N–H and O–H groups in total. The number of rotatable bonds is 4. The summed E-state index contributed by atoms with van der Waals surface area (Å²) in [6.45, 7) is 2.99. The molecule has 0 unspecified atom stereocenters. The minimum atomic E-state index is -0.666. The van der Waals surface area contributed by atoms with Crippen molar-refractivity contribution >= 4 is 40.5 Å². The molecule has 2 aromatic carbocycles. The molecule has 0 aliphatic carbocycles. The minimum absolute atomic E-state index is 0.00424. The fourth-order valence-electron chi connectivity index (χ4n) is 3.43. The van der Waals surface area contributed by atoms with Gasteiger partial charge in [-0.2, -0.15) is 0 Å². The van der Waals surface area contributed by atoms with Crippen molar-refractivity contribution in [3.05, 3.63) is 52.5 Å². The highest BCUT2D eigenvalue weighted by Gasteiger charge is 2.34. The summed E-state index contributed by atoms with van der Waals surface area (Å²) in [6, 6.07) is 11.1. The third-order valence-corrected chi connectivity index (χ3v) is 5.28. The number of fused-ring (bicyclic) bond motifs is 2. The Balaban J connectivity index is 1.78. The van der Waals surface area contributed by atoms with Crippen molar-refractivity contribution in [2.24, 2.45) is 0 Å². The lowest BCUT2D eigenvalue weighted by Gasteiger charge is -2.27. The average Bonchev–Trinajstić information content (AvgIpc) is 2.84. The van der Waals surface area contributed by atoms with Crippen LogP contribution in [0.2, 0.25) is 5.02 Å². The molecule has 0 spiro atoms. The van der Waals surface area contributed by atoms with Gasteiger partial charge >= 0.3 is 5.97 Å². The number of para-hydroxylation sites is 1. The van der Waals surface area contributed by atoms with E-state index in [1.165, 1.54) is 0 Å². The number of esters is 1. The summed E-state index contributed by atoms with van der Waals surface area (Å²) in [7, 11) is 0. The van der Waals surface area contributed by atoms with E-state index in [-0.39, 0.29) is 12.4 Å². The summed E-state index contributed by atoms with van der Waals surface area (Å²) in [5, 5.41) is 3.76. The van der Waals surface area contributed by atoms with Gasteiger partial charge in [0, 0.05) is 21.8 Å². The molecule has 0 radical (unpaired) electrons. The van der Waals surface area contributed by atoms with Gasteiger partial charge in [-0.05, 0) is 31.2 Å². The molecule has 0 fully saturated rings. The smallest absolute Gasteiger partial charge is 0.308 e. The fourth-order valence-corrected chi connectivity index (χ4v) is 3.86. The van der Waals surface area contributed by atoms with Gasteiger partial charge in [0.05, 0.1) is 13.0 Å². The number of hydrogen-bond acceptors (Lipinski definition) is 6. The zero-order valence-electron chi connectivity index (χ0n) is 15.8. The predicted molar refractivity (Wildman–Crippen MR) is 113 cm³/mol. The van der Waals surface area contributed by atoms with Gasteiger partial charge in [0.15, 0.2) is 11.5 Å². The van der Waals surface area contributed by atoms with Gasteiger partial charge in [0.25, 0.3) is 0 Å². The normalized spacial score (nSPS) is 20.3. The topological polar surface area (TPSA) is 66.0 Å². The van der Waals surface area contributed by atoms with Crippen LogP contribution in [0.15, 0.2) is 36.4 Å². The van der Waals surface area contributed by atoms with Crippen LogP contribution in [0.25, 0.3) is 0 Å². The average molecular weight is 434 g/mol. The van der Waals surface area contributed by atoms with E-state index in [0.717, 1.165) is 16.8 Å². The molecule has 0 saturated carbocycles. The maximum absolute atomic E-state index is 12.1. The monoisotopic (exact) mass is 433 g/mol. The van der Waals surface area contributed by atoms with Crippen molar-refractivity contribution in [3.8, 4) is 11.5 Å². The standard InChI is InChI=1S/C21H20ClNO5S/c1-2-25-18(24)11-17-21(29)23-15-7-6-12(22)10-14(15)19(28-17)13-4-3-5-16-20(13)27-9-8-26-16/h3-7,10,17,19H,2,8-9,11H2,1H3,(H,23,29)/t17-,19-/m0/s1.